The minimum atomic E-state index is -4.62. The number of carbonyl (C=O) groups excluding carboxylic acids is 3. The van der Waals surface area contributed by atoms with Gasteiger partial charge >= 0.3 is 6.18 Å². The average Bonchev–Trinajstić information content (AvgIpc) is 3.08. The van der Waals surface area contributed by atoms with Crippen LogP contribution in [-0.2, 0) is 26.0 Å². The van der Waals surface area contributed by atoms with Gasteiger partial charge < -0.3 is 9.80 Å². The fourth-order valence-electron chi connectivity index (χ4n) is 4.59. The van der Waals surface area contributed by atoms with Crippen molar-refractivity contribution in [2.75, 3.05) is 37.6 Å². The summed E-state index contributed by atoms with van der Waals surface area (Å²) in [6.07, 6.45) is -0.563. The predicted molar refractivity (Wildman–Crippen MR) is 116 cm³/mol. The van der Waals surface area contributed by atoms with Crippen LogP contribution < -0.4 is 4.90 Å². The molecule has 3 amide bonds. The first-order chi connectivity index (χ1) is 16.2. The fourth-order valence-corrected chi connectivity index (χ4v) is 4.59. The summed E-state index contributed by atoms with van der Waals surface area (Å²) in [5.41, 5.74) is -2.55. The Morgan fingerprint density at radius 2 is 1.85 bits per heavy atom. The third-order valence-corrected chi connectivity index (χ3v) is 6.43. The topological polar surface area (TPSA) is 86.7 Å². The van der Waals surface area contributed by atoms with E-state index in [1.807, 2.05) is 4.90 Å². The lowest BCUT2D eigenvalue weighted by Crippen LogP contribution is -2.51. The number of aromatic nitrogens is 2. The van der Waals surface area contributed by atoms with Gasteiger partial charge in [0.05, 0.1) is 17.2 Å². The maximum absolute atomic E-state index is 13.4. The number of alkyl halides is 3. The van der Waals surface area contributed by atoms with Gasteiger partial charge in [0.15, 0.2) is 0 Å². The minimum absolute atomic E-state index is 0.0307. The molecule has 2 aliphatic heterocycles. The molecule has 0 bridgehead atoms. The van der Waals surface area contributed by atoms with Crippen molar-refractivity contribution < 1.29 is 27.6 Å². The molecule has 2 fully saturated rings. The van der Waals surface area contributed by atoms with Gasteiger partial charge in [0.2, 0.25) is 17.7 Å². The molecule has 0 saturated carbocycles. The first kappa shape index (κ1) is 23.7. The molecule has 2 saturated heterocycles. The second kappa shape index (κ2) is 9.03. The monoisotopic (exact) mass is 475 g/mol. The van der Waals surface area contributed by atoms with Crippen LogP contribution in [-0.4, -0.2) is 70.2 Å². The Balaban J connectivity index is 1.59. The maximum Gasteiger partial charge on any atom is 0.416 e. The van der Waals surface area contributed by atoms with Crippen molar-refractivity contribution in [2.45, 2.75) is 31.4 Å². The number of likely N-dealkylation sites (N-methyl/N-ethyl adjacent to an activating group) is 1. The van der Waals surface area contributed by atoms with Crippen molar-refractivity contribution >= 4 is 23.5 Å². The molecule has 2 aliphatic rings. The van der Waals surface area contributed by atoms with E-state index in [4.69, 9.17) is 0 Å². The Bertz CT molecular complexity index is 1090. The first-order valence-corrected chi connectivity index (χ1v) is 11.0. The van der Waals surface area contributed by atoms with Crippen LogP contribution in [0.1, 0.15) is 30.9 Å². The van der Waals surface area contributed by atoms with Gasteiger partial charge in [-0.15, -0.1) is 0 Å². The number of amides is 3. The smallest absolute Gasteiger partial charge is 0.352 e. The van der Waals surface area contributed by atoms with Crippen molar-refractivity contribution in [2.24, 2.45) is 0 Å². The number of nitrogens with zero attached hydrogens (tertiary/aromatic N) is 5. The lowest BCUT2D eigenvalue weighted by molar-refractivity contribution is -0.143. The van der Waals surface area contributed by atoms with Crippen LogP contribution in [0.25, 0.3) is 0 Å². The predicted octanol–water partition coefficient (Wildman–Crippen LogP) is 2.25. The van der Waals surface area contributed by atoms with Crippen molar-refractivity contribution in [3.63, 3.8) is 0 Å². The largest absolute Gasteiger partial charge is 0.416 e. The van der Waals surface area contributed by atoms with Crippen molar-refractivity contribution in [3.8, 4) is 0 Å². The van der Waals surface area contributed by atoms with Crippen LogP contribution in [0, 0.1) is 0 Å². The number of rotatable bonds is 5. The van der Waals surface area contributed by atoms with Crippen molar-refractivity contribution in [3.05, 3.63) is 54.0 Å². The minimum Gasteiger partial charge on any atom is -0.352 e. The van der Waals surface area contributed by atoms with Crippen LogP contribution in [0.4, 0.5) is 19.0 Å². The summed E-state index contributed by atoms with van der Waals surface area (Å²) in [5, 5.41) is 0. The van der Waals surface area contributed by atoms with E-state index in [-0.39, 0.29) is 30.9 Å². The molecule has 1 aromatic heterocycles. The molecule has 0 aliphatic carbocycles. The highest BCUT2D eigenvalue weighted by Crippen LogP contribution is 2.42. The molecule has 34 heavy (non-hydrogen) atoms. The van der Waals surface area contributed by atoms with Gasteiger partial charge in [0.1, 0.15) is 5.82 Å². The van der Waals surface area contributed by atoms with Gasteiger partial charge in [0, 0.05) is 58.0 Å². The molecule has 8 nitrogen and oxygen atoms in total. The molecular formula is C23H24F3N5O3. The zero-order valence-corrected chi connectivity index (χ0v) is 18.6. The zero-order chi connectivity index (χ0) is 24.5. The number of halogens is 3. The SMILES string of the molecule is CCN1C(=O)CC(CC(=O)N2CCN(c3cnccn3)CC2)(c2cccc(C(F)(F)F)c2)C1=O. The third kappa shape index (κ3) is 4.34. The highest BCUT2D eigenvalue weighted by Gasteiger charge is 2.54. The Morgan fingerprint density at radius 1 is 1.12 bits per heavy atom. The second-order valence-electron chi connectivity index (χ2n) is 8.39. The summed E-state index contributed by atoms with van der Waals surface area (Å²) in [4.78, 5) is 52.0. The third-order valence-electron chi connectivity index (χ3n) is 6.43. The fraction of sp³-hybridized carbons (Fsp3) is 0.435. The van der Waals surface area contributed by atoms with Gasteiger partial charge in [0.25, 0.3) is 0 Å². The molecule has 4 rings (SSSR count). The lowest BCUT2D eigenvalue weighted by Gasteiger charge is -2.37. The van der Waals surface area contributed by atoms with Gasteiger partial charge in [-0.3, -0.25) is 24.3 Å². The summed E-state index contributed by atoms with van der Waals surface area (Å²) in [6, 6.07) is 4.38. The van der Waals surface area contributed by atoms with Gasteiger partial charge in [-0.25, -0.2) is 4.98 Å². The van der Waals surface area contributed by atoms with Crippen LogP contribution in [0.2, 0.25) is 0 Å². The number of carbonyl (C=O) groups is 3. The molecular weight excluding hydrogens is 451 g/mol. The number of hydrogen-bond acceptors (Lipinski definition) is 6. The van der Waals surface area contributed by atoms with Crippen LogP contribution in [0.3, 0.4) is 0 Å². The molecule has 1 unspecified atom stereocenters. The molecule has 0 radical (unpaired) electrons. The second-order valence-corrected chi connectivity index (χ2v) is 8.39. The normalized spacial score (nSPS) is 21.4. The Kier molecular flexibility index (Phi) is 6.28. The van der Waals surface area contributed by atoms with Crippen molar-refractivity contribution in [1.82, 2.24) is 19.8 Å². The highest BCUT2D eigenvalue weighted by molar-refractivity contribution is 6.10. The Labute approximate surface area is 194 Å². The lowest BCUT2D eigenvalue weighted by atomic mass is 9.75. The number of benzene rings is 1. The van der Waals surface area contributed by atoms with Gasteiger partial charge in [-0.05, 0) is 18.6 Å². The molecule has 11 heteroatoms. The van der Waals surface area contributed by atoms with E-state index in [0.29, 0.717) is 32.0 Å². The summed E-state index contributed by atoms with van der Waals surface area (Å²) in [6.45, 7) is 3.40. The standard InChI is InChI=1S/C23H24F3N5O3/c1-2-31-20(33)14-22(21(31)34,16-4-3-5-17(12-16)23(24,25)26)13-19(32)30-10-8-29(9-11-30)18-15-27-6-7-28-18/h3-7,12,15H,2,8-11,13-14H2,1H3. The number of anilines is 1. The van der Waals surface area contributed by atoms with Crippen molar-refractivity contribution in [1.29, 1.82) is 0 Å². The summed E-state index contributed by atoms with van der Waals surface area (Å²) < 4.78 is 40.1. The van der Waals surface area contributed by atoms with E-state index in [1.54, 1.807) is 30.4 Å². The number of imide groups is 1. The number of hydrogen-bond donors (Lipinski definition) is 0. The summed E-state index contributed by atoms with van der Waals surface area (Å²) >= 11 is 0. The van der Waals surface area contributed by atoms with E-state index in [9.17, 15) is 27.6 Å². The maximum atomic E-state index is 13.4. The zero-order valence-electron chi connectivity index (χ0n) is 18.6. The first-order valence-electron chi connectivity index (χ1n) is 11.0. The van der Waals surface area contributed by atoms with Gasteiger partial charge in [-0.2, -0.15) is 13.2 Å². The van der Waals surface area contributed by atoms with Gasteiger partial charge in [-0.1, -0.05) is 18.2 Å². The molecule has 0 spiro atoms. The van der Waals surface area contributed by atoms with Crippen LogP contribution in [0.15, 0.2) is 42.9 Å². The molecule has 1 atom stereocenters. The van der Waals surface area contributed by atoms with Crippen LogP contribution >= 0.6 is 0 Å². The molecule has 1 aromatic carbocycles. The molecule has 180 valence electrons. The highest BCUT2D eigenvalue weighted by atomic mass is 19.4. The van der Waals surface area contributed by atoms with E-state index in [2.05, 4.69) is 9.97 Å². The molecule has 3 heterocycles. The number of likely N-dealkylation sites (tertiary alicyclic amines) is 1. The van der Waals surface area contributed by atoms with E-state index < -0.39 is 29.0 Å². The quantitative estimate of drug-likeness (QED) is 0.617. The summed E-state index contributed by atoms with van der Waals surface area (Å²) in [7, 11) is 0. The van der Waals surface area contributed by atoms with E-state index in [1.165, 1.54) is 12.1 Å². The summed E-state index contributed by atoms with van der Waals surface area (Å²) in [5.74, 6) is -0.823. The van der Waals surface area contributed by atoms with Crippen LogP contribution in [0.5, 0.6) is 0 Å². The molecule has 0 N–H and O–H groups in total. The Morgan fingerprint density at radius 3 is 2.44 bits per heavy atom. The average molecular weight is 475 g/mol. The molecule has 2 aromatic rings. The van der Waals surface area contributed by atoms with E-state index in [0.717, 1.165) is 17.0 Å². The van der Waals surface area contributed by atoms with E-state index >= 15 is 0 Å². The number of piperazine rings is 1. The Hall–Kier alpha value is -3.50.